The number of hydrogen-bond acceptors (Lipinski definition) is 5. The average Bonchev–Trinajstić information content (AvgIpc) is 2.68. The molecule has 1 heterocycles. The summed E-state index contributed by atoms with van der Waals surface area (Å²) in [7, 11) is 1.64. The molecule has 2 amide bonds. The molecule has 1 aliphatic heterocycles. The molecule has 0 atom stereocenters. The van der Waals surface area contributed by atoms with E-state index in [1.54, 1.807) is 57.0 Å². The molecule has 2 aliphatic rings. The summed E-state index contributed by atoms with van der Waals surface area (Å²) in [5, 5.41) is 2.66. The third-order valence-electron chi connectivity index (χ3n) is 5.63. The van der Waals surface area contributed by atoms with Gasteiger partial charge in [0.2, 0.25) is 0 Å². The second-order valence-corrected chi connectivity index (χ2v) is 9.45. The number of halogens is 3. The molecular weight excluding hydrogens is 451 g/mol. The second kappa shape index (κ2) is 10.2. The van der Waals surface area contributed by atoms with E-state index in [2.05, 4.69) is 10.3 Å². The predicted octanol–water partition coefficient (Wildman–Crippen LogP) is 5.22. The van der Waals surface area contributed by atoms with Crippen molar-refractivity contribution in [3.05, 3.63) is 41.6 Å². The van der Waals surface area contributed by atoms with E-state index < -0.39 is 29.5 Å². The maximum absolute atomic E-state index is 13.1. The molecule has 0 unspecified atom stereocenters. The predicted molar refractivity (Wildman–Crippen MR) is 121 cm³/mol. The molecular formula is C24H30F3N3O4. The van der Waals surface area contributed by atoms with Crippen molar-refractivity contribution in [1.82, 2.24) is 4.90 Å². The number of benzene rings is 1. The van der Waals surface area contributed by atoms with Gasteiger partial charge < -0.3 is 14.4 Å². The van der Waals surface area contributed by atoms with Crippen LogP contribution in [0.5, 0.6) is 0 Å². The van der Waals surface area contributed by atoms with E-state index in [0.717, 1.165) is 24.5 Å². The van der Waals surface area contributed by atoms with Gasteiger partial charge in [0, 0.05) is 31.5 Å². The van der Waals surface area contributed by atoms with Crippen LogP contribution in [-0.4, -0.2) is 53.6 Å². The average molecular weight is 482 g/mol. The highest BCUT2D eigenvalue weighted by molar-refractivity contribution is 6.45. The third kappa shape index (κ3) is 6.82. The normalized spacial score (nSPS) is 20.6. The van der Waals surface area contributed by atoms with E-state index in [1.165, 1.54) is 0 Å². The Morgan fingerprint density at radius 1 is 1.15 bits per heavy atom. The lowest BCUT2D eigenvalue weighted by atomic mass is 9.91. The van der Waals surface area contributed by atoms with Crippen molar-refractivity contribution in [1.29, 1.82) is 0 Å². The number of anilines is 1. The molecule has 1 aromatic carbocycles. The van der Waals surface area contributed by atoms with Gasteiger partial charge in [-0.3, -0.25) is 10.1 Å². The molecule has 1 aliphatic carbocycles. The quantitative estimate of drug-likeness (QED) is 0.604. The van der Waals surface area contributed by atoms with Gasteiger partial charge in [0.15, 0.2) is 0 Å². The Kier molecular flexibility index (Phi) is 7.70. The first-order chi connectivity index (χ1) is 15.9. The number of hydrogen-bond donors (Lipinski definition) is 1. The van der Waals surface area contributed by atoms with Crippen LogP contribution in [0.25, 0.3) is 0 Å². The highest BCUT2D eigenvalue weighted by Crippen LogP contribution is 2.33. The zero-order valence-corrected chi connectivity index (χ0v) is 19.7. The summed E-state index contributed by atoms with van der Waals surface area (Å²) in [5.74, 6) is -0.542. The van der Waals surface area contributed by atoms with Crippen LogP contribution in [0.1, 0.15) is 52.0 Å². The van der Waals surface area contributed by atoms with Crippen LogP contribution in [0.4, 0.5) is 23.7 Å². The van der Waals surface area contributed by atoms with Crippen molar-refractivity contribution in [2.75, 3.05) is 12.4 Å². The number of allylic oxidation sites excluding steroid dienone is 1. The molecule has 1 fully saturated rings. The number of nitrogens with one attached hydrogen (secondary N) is 1. The van der Waals surface area contributed by atoms with Gasteiger partial charge in [-0.2, -0.15) is 13.2 Å². The molecule has 1 saturated carbocycles. The first-order valence-electron chi connectivity index (χ1n) is 11.2. The minimum Gasteiger partial charge on any atom is -0.444 e. The summed E-state index contributed by atoms with van der Waals surface area (Å²) in [6.07, 6.45) is -1.45. The van der Waals surface area contributed by atoms with Crippen molar-refractivity contribution in [3.63, 3.8) is 0 Å². The number of amides is 2. The van der Waals surface area contributed by atoms with Crippen LogP contribution in [0.15, 0.2) is 41.0 Å². The molecule has 186 valence electrons. The highest BCUT2D eigenvalue weighted by Gasteiger charge is 2.41. The van der Waals surface area contributed by atoms with Crippen molar-refractivity contribution in [2.45, 2.75) is 76.9 Å². The van der Waals surface area contributed by atoms with Crippen molar-refractivity contribution < 1.29 is 32.2 Å². The first-order valence-corrected chi connectivity index (χ1v) is 11.2. The molecule has 10 heteroatoms. The lowest BCUT2D eigenvalue weighted by Gasteiger charge is -2.37. The summed E-state index contributed by atoms with van der Waals surface area (Å²) in [6.45, 7) is 5.44. The molecule has 0 spiro atoms. The van der Waals surface area contributed by atoms with E-state index in [-0.39, 0.29) is 24.4 Å². The van der Waals surface area contributed by atoms with Crippen molar-refractivity contribution in [3.8, 4) is 0 Å². The zero-order chi connectivity index (χ0) is 25.1. The Balaban J connectivity index is 1.76. The number of aliphatic imine (C=N–C) groups is 1. The summed E-state index contributed by atoms with van der Waals surface area (Å²) in [6, 6.07) is 6.77. The Morgan fingerprint density at radius 2 is 1.79 bits per heavy atom. The smallest absolute Gasteiger partial charge is 0.433 e. The minimum absolute atomic E-state index is 0.104. The van der Waals surface area contributed by atoms with Gasteiger partial charge in [0.25, 0.3) is 5.91 Å². The number of methoxy groups -OCH3 is 1. The lowest BCUT2D eigenvalue weighted by Crippen LogP contribution is -2.46. The lowest BCUT2D eigenvalue weighted by molar-refractivity contribution is -0.128. The van der Waals surface area contributed by atoms with Crippen molar-refractivity contribution in [2.24, 2.45) is 4.99 Å². The van der Waals surface area contributed by atoms with Gasteiger partial charge in [0.05, 0.1) is 6.10 Å². The SMILES string of the molecule is COC1CCC(N(Cc2cccc(NC(=O)OC(C)(C)C)c2)C(=O)C2=NC(C(F)(F)F)=C2)CC1. The first kappa shape index (κ1) is 25.7. The molecule has 1 N–H and O–H groups in total. The van der Waals surface area contributed by atoms with Crippen LogP contribution >= 0.6 is 0 Å². The Morgan fingerprint density at radius 3 is 2.35 bits per heavy atom. The Hall–Kier alpha value is -2.88. The minimum atomic E-state index is -4.58. The molecule has 0 saturated heterocycles. The standard InChI is InChI=1S/C24H30F3N3O4/c1-23(2,3)34-22(32)28-16-7-5-6-15(12-16)14-30(17-8-10-18(33-4)11-9-17)21(31)19-13-20(29-19)24(25,26)27/h5-7,12-13,17-18H,8-11,14H2,1-4H3,(H,28,32). The summed E-state index contributed by atoms with van der Waals surface area (Å²) in [4.78, 5) is 30.2. The molecule has 0 bridgehead atoms. The van der Waals surface area contributed by atoms with Crippen LogP contribution < -0.4 is 5.32 Å². The molecule has 1 aromatic rings. The molecule has 0 aromatic heterocycles. The largest absolute Gasteiger partial charge is 0.444 e. The fourth-order valence-corrected chi connectivity index (χ4v) is 3.98. The monoisotopic (exact) mass is 481 g/mol. The second-order valence-electron chi connectivity index (χ2n) is 9.45. The summed E-state index contributed by atoms with van der Waals surface area (Å²) >= 11 is 0. The number of alkyl halides is 3. The Labute approximate surface area is 197 Å². The van der Waals surface area contributed by atoms with Gasteiger partial charge >= 0.3 is 12.3 Å². The maximum atomic E-state index is 13.1. The van der Waals surface area contributed by atoms with Crippen LogP contribution in [0.3, 0.4) is 0 Å². The van der Waals surface area contributed by atoms with E-state index in [1.807, 2.05) is 0 Å². The van der Waals surface area contributed by atoms with Gasteiger partial charge in [-0.05, 0) is 64.2 Å². The van der Waals surface area contributed by atoms with E-state index in [4.69, 9.17) is 9.47 Å². The molecule has 34 heavy (non-hydrogen) atoms. The van der Waals surface area contributed by atoms with Gasteiger partial charge in [-0.25, -0.2) is 9.79 Å². The zero-order valence-electron chi connectivity index (χ0n) is 19.7. The van der Waals surface area contributed by atoms with Crippen LogP contribution in [0.2, 0.25) is 0 Å². The number of rotatable bonds is 6. The topological polar surface area (TPSA) is 80.2 Å². The van der Waals surface area contributed by atoms with Gasteiger partial charge in [0.1, 0.15) is 17.0 Å². The fourth-order valence-electron chi connectivity index (χ4n) is 3.98. The van der Waals surface area contributed by atoms with Gasteiger partial charge in [-0.1, -0.05) is 12.1 Å². The van der Waals surface area contributed by atoms with E-state index in [0.29, 0.717) is 18.5 Å². The number of carbonyl (C=O) groups is 2. The number of ether oxygens (including phenoxy) is 2. The third-order valence-corrected chi connectivity index (χ3v) is 5.63. The molecule has 3 rings (SSSR count). The van der Waals surface area contributed by atoms with E-state index in [9.17, 15) is 22.8 Å². The molecule has 7 nitrogen and oxygen atoms in total. The van der Waals surface area contributed by atoms with Crippen LogP contribution in [-0.2, 0) is 20.8 Å². The number of carbonyl (C=O) groups excluding carboxylic acids is 2. The number of nitrogens with zero attached hydrogens (tertiary/aromatic N) is 2. The summed E-state index contributed by atoms with van der Waals surface area (Å²) < 4.78 is 49.1. The van der Waals surface area contributed by atoms with E-state index >= 15 is 0 Å². The maximum Gasteiger partial charge on any atom is 0.433 e. The van der Waals surface area contributed by atoms with Crippen LogP contribution in [0, 0.1) is 0 Å². The van der Waals surface area contributed by atoms with Crippen molar-refractivity contribution >= 4 is 23.4 Å². The fraction of sp³-hybridized carbons (Fsp3) is 0.542. The molecule has 0 radical (unpaired) electrons. The summed E-state index contributed by atoms with van der Waals surface area (Å²) in [5.41, 5.74) is -0.706. The highest BCUT2D eigenvalue weighted by atomic mass is 19.4. The Bertz CT molecular complexity index is 974. The van der Waals surface area contributed by atoms with Gasteiger partial charge in [-0.15, -0.1) is 0 Å².